The quantitative estimate of drug-likeness (QED) is 0.395. The number of aryl methyl sites for hydroxylation is 3. The van der Waals surface area contributed by atoms with Crippen LogP contribution in [0.25, 0.3) is 0 Å². The molecule has 5 heteroatoms. The van der Waals surface area contributed by atoms with Crippen LogP contribution < -0.4 is 4.74 Å². The van der Waals surface area contributed by atoms with Crippen LogP contribution in [0.3, 0.4) is 0 Å². The van der Waals surface area contributed by atoms with E-state index >= 15 is 0 Å². The summed E-state index contributed by atoms with van der Waals surface area (Å²) in [6.07, 6.45) is 0. The van der Waals surface area contributed by atoms with E-state index in [2.05, 4.69) is 0 Å². The Morgan fingerprint density at radius 3 is 2.00 bits per heavy atom. The largest absolute Gasteiger partial charge is 0.482 e. The van der Waals surface area contributed by atoms with Gasteiger partial charge in [0, 0.05) is 16.7 Å². The van der Waals surface area contributed by atoms with E-state index in [-0.39, 0.29) is 24.8 Å². The smallest absolute Gasteiger partial charge is 0.344 e. The minimum absolute atomic E-state index is 0.0910. The molecule has 0 spiro atoms. The van der Waals surface area contributed by atoms with Gasteiger partial charge in [-0.2, -0.15) is 0 Å². The van der Waals surface area contributed by atoms with Gasteiger partial charge in [-0.15, -0.1) is 0 Å². The molecule has 0 unspecified atom stereocenters. The molecule has 0 aliphatic carbocycles. The van der Waals surface area contributed by atoms with Crippen LogP contribution in [0.4, 0.5) is 0 Å². The molecule has 0 aliphatic rings. The van der Waals surface area contributed by atoms with E-state index in [9.17, 15) is 14.4 Å². The van der Waals surface area contributed by atoms with Crippen molar-refractivity contribution in [3.63, 3.8) is 0 Å². The van der Waals surface area contributed by atoms with Gasteiger partial charge in [-0.25, -0.2) is 4.79 Å². The van der Waals surface area contributed by atoms with Gasteiger partial charge in [-0.1, -0.05) is 36.4 Å². The Bertz CT molecular complexity index is 1100. The molecule has 0 heterocycles. The third-order valence-corrected chi connectivity index (χ3v) is 5.01. The Balaban J connectivity index is 1.50. The second-order valence-electron chi connectivity index (χ2n) is 7.34. The molecule has 0 saturated heterocycles. The SMILES string of the molecule is Cc1cc(C)c(C(=O)COC(=O)COc2ccc(C(=O)c3ccccc3)cc2)cc1C. The Morgan fingerprint density at radius 2 is 1.32 bits per heavy atom. The van der Waals surface area contributed by atoms with Gasteiger partial charge in [-0.05, 0) is 67.8 Å². The van der Waals surface area contributed by atoms with Crippen molar-refractivity contribution in [2.75, 3.05) is 13.2 Å². The van der Waals surface area contributed by atoms with E-state index in [0.717, 1.165) is 16.7 Å². The highest BCUT2D eigenvalue weighted by Crippen LogP contribution is 2.17. The zero-order chi connectivity index (χ0) is 22.4. The zero-order valence-corrected chi connectivity index (χ0v) is 17.8. The highest BCUT2D eigenvalue weighted by molar-refractivity contribution is 6.09. The first-order chi connectivity index (χ1) is 14.8. The van der Waals surface area contributed by atoms with Gasteiger partial charge in [-0.3, -0.25) is 9.59 Å². The number of hydrogen-bond donors (Lipinski definition) is 0. The molecular weight excluding hydrogens is 392 g/mol. The van der Waals surface area contributed by atoms with Crippen molar-refractivity contribution in [3.8, 4) is 5.75 Å². The van der Waals surface area contributed by atoms with Gasteiger partial charge < -0.3 is 9.47 Å². The topological polar surface area (TPSA) is 69.7 Å². The van der Waals surface area contributed by atoms with Crippen LogP contribution >= 0.6 is 0 Å². The van der Waals surface area contributed by atoms with Crippen LogP contribution in [0.1, 0.15) is 43.0 Å². The van der Waals surface area contributed by atoms with E-state index in [1.54, 1.807) is 36.4 Å². The molecule has 0 atom stereocenters. The number of esters is 1. The summed E-state index contributed by atoms with van der Waals surface area (Å²) in [6.45, 7) is 5.11. The zero-order valence-electron chi connectivity index (χ0n) is 17.8. The molecule has 0 fully saturated rings. The Kier molecular flexibility index (Phi) is 6.98. The summed E-state index contributed by atoms with van der Waals surface area (Å²) in [5, 5.41) is 0. The molecule has 3 aromatic carbocycles. The summed E-state index contributed by atoms with van der Waals surface area (Å²) in [4.78, 5) is 36.7. The third kappa shape index (κ3) is 5.66. The Hall–Kier alpha value is -3.73. The molecular formula is C26H24O5. The maximum Gasteiger partial charge on any atom is 0.344 e. The van der Waals surface area contributed by atoms with Gasteiger partial charge in [0.1, 0.15) is 5.75 Å². The molecule has 0 amide bonds. The van der Waals surface area contributed by atoms with Crippen molar-refractivity contribution in [2.24, 2.45) is 0 Å². The van der Waals surface area contributed by atoms with Crippen LogP contribution in [0.2, 0.25) is 0 Å². The summed E-state index contributed by atoms with van der Waals surface area (Å²) in [7, 11) is 0. The van der Waals surface area contributed by atoms with Crippen LogP contribution in [0.15, 0.2) is 66.7 Å². The number of rotatable bonds is 8. The van der Waals surface area contributed by atoms with Gasteiger partial charge in [0.15, 0.2) is 19.0 Å². The van der Waals surface area contributed by atoms with Gasteiger partial charge >= 0.3 is 5.97 Å². The van der Waals surface area contributed by atoms with Crippen LogP contribution in [0.5, 0.6) is 5.75 Å². The standard InChI is InChI=1S/C26H24O5/c1-17-13-19(3)23(14-18(17)2)24(27)15-31-25(28)16-30-22-11-9-21(10-12-22)26(29)20-7-5-4-6-8-20/h4-14H,15-16H2,1-3H3. The molecule has 0 bridgehead atoms. The van der Waals surface area contributed by atoms with Gasteiger partial charge in [0.25, 0.3) is 0 Å². The van der Waals surface area contributed by atoms with Gasteiger partial charge in [0.05, 0.1) is 0 Å². The first kappa shape index (κ1) is 22.0. The molecule has 3 aromatic rings. The van der Waals surface area contributed by atoms with E-state index in [1.807, 2.05) is 51.1 Å². The van der Waals surface area contributed by atoms with Crippen LogP contribution in [0, 0.1) is 20.8 Å². The van der Waals surface area contributed by atoms with Crippen molar-refractivity contribution in [3.05, 3.63) is 100 Å². The van der Waals surface area contributed by atoms with Crippen molar-refractivity contribution in [2.45, 2.75) is 20.8 Å². The van der Waals surface area contributed by atoms with Gasteiger partial charge in [0.2, 0.25) is 5.78 Å². The van der Waals surface area contributed by atoms with Crippen molar-refractivity contribution < 1.29 is 23.9 Å². The number of ether oxygens (including phenoxy) is 2. The number of carbonyl (C=O) groups is 3. The number of Topliss-reactive ketones (excluding diaryl/α,β-unsaturated/α-hetero) is 1. The average Bonchev–Trinajstić information content (AvgIpc) is 2.79. The van der Waals surface area contributed by atoms with E-state index in [0.29, 0.717) is 22.4 Å². The lowest BCUT2D eigenvalue weighted by atomic mass is 9.98. The van der Waals surface area contributed by atoms with Crippen LogP contribution in [-0.2, 0) is 9.53 Å². The van der Waals surface area contributed by atoms with Crippen LogP contribution in [-0.4, -0.2) is 30.7 Å². The lowest BCUT2D eigenvalue weighted by molar-refractivity contribution is -0.144. The predicted molar refractivity (Wildman–Crippen MR) is 118 cm³/mol. The molecule has 31 heavy (non-hydrogen) atoms. The summed E-state index contributed by atoms with van der Waals surface area (Å²) in [5.74, 6) is -0.554. The predicted octanol–water partition coefficient (Wildman–Crippen LogP) is 4.65. The molecule has 5 nitrogen and oxygen atoms in total. The Morgan fingerprint density at radius 1 is 0.710 bits per heavy atom. The monoisotopic (exact) mass is 416 g/mol. The second-order valence-corrected chi connectivity index (χ2v) is 7.34. The fourth-order valence-corrected chi connectivity index (χ4v) is 3.13. The lowest BCUT2D eigenvalue weighted by Gasteiger charge is -2.10. The maximum absolute atomic E-state index is 12.4. The molecule has 0 N–H and O–H groups in total. The van der Waals surface area contributed by atoms with E-state index < -0.39 is 5.97 Å². The minimum atomic E-state index is -0.640. The fraction of sp³-hybridized carbons (Fsp3) is 0.192. The molecule has 0 aliphatic heterocycles. The minimum Gasteiger partial charge on any atom is -0.482 e. The summed E-state index contributed by atoms with van der Waals surface area (Å²) in [5.41, 5.74) is 4.65. The summed E-state index contributed by atoms with van der Waals surface area (Å²) < 4.78 is 10.5. The first-order valence-corrected chi connectivity index (χ1v) is 9.94. The normalized spacial score (nSPS) is 10.4. The average molecular weight is 416 g/mol. The summed E-state index contributed by atoms with van der Waals surface area (Å²) in [6, 6.07) is 19.3. The molecule has 0 aromatic heterocycles. The number of carbonyl (C=O) groups excluding carboxylic acids is 3. The second kappa shape index (κ2) is 9.85. The van der Waals surface area contributed by atoms with Crippen molar-refractivity contribution >= 4 is 17.5 Å². The number of benzene rings is 3. The van der Waals surface area contributed by atoms with Crippen molar-refractivity contribution in [1.82, 2.24) is 0 Å². The molecule has 158 valence electrons. The lowest BCUT2D eigenvalue weighted by Crippen LogP contribution is -2.20. The molecule has 3 rings (SSSR count). The maximum atomic E-state index is 12.4. The van der Waals surface area contributed by atoms with E-state index in [1.165, 1.54) is 0 Å². The van der Waals surface area contributed by atoms with Crippen molar-refractivity contribution in [1.29, 1.82) is 0 Å². The molecule has 0 saturated carbocycles. The Labute approximate surface area is 181 Å². The number of ketones is 2. The first-order valence-electron chi connectivity index (χ1n) is 9.94. The summed E-state index contributed by atoms with van der Waals surface area (Å²) >= 11 is 0. The highest BCUT2D eigenvalue weighted by Gasteiger charge is 2.14. The van der Waals surface area contributed by atoms with E-state index in [4.69, 9.17) is 9.47 Å². The fourth-order valence-electron chi connectivity index (χ4n) is 3.13. The molecule has 0 radical (unpaired) electrons. The number of hydrogen-bond acceptors (Lipinski definition) is 5. The third-order valence-electron chi connectivity index (χ3n) is 5.01. The highest BCUT2D eigenvalue weighted by atomic mass is 16.6.